The minimum atomic E-state index is -1.22. The molecule has 5 nitrogen and oxygen atoms in total. The third-order valence-electron chi connectivity index (χ3n) is 5.01. The van der Waals surface area contributed by atoms with Crippen LogP contribution < -0.4 is 0 Å². The van der Waals surface area contributed by atoms with Crippen LogP contribution >= 0.6 is 0 Å². The number of ether oxygens (including phenoxy) is 1. The van der Waals surface area contributed by atoms with E-state index < -0.39 is 23.0 Å². The Labute approximate surface area is 150 Å². The Morgan fingerprint density at radius 2 is 2.00 bits per heavy atom. The Morgan fingerprint density at radius 1 is 1.40 bits per heavy atom. The quantitative estimate of drug-likeness (QED) is 0.544. The van der Waals surface area contributed by atoms with Gasteiger partial charge in [0, 0.05) is 5.41 Å². The van der Waals surface area contributed by atoms with Crippen LogP contribution in [0.1, 0.15) is 54.4 Å². The third-order valence-corrected chi connectivity index (χ3v) is 5.01. The first-order chi connectivity index (χ1) is 11.4. The molecule has 0 spiro atoms. The summed E-state index contributed by atoms with van der Waals surface area (Å²) in [5, 5.41) is 20.0. The van der Waals surface area contributed by atoms with Crippen molar-refractivity contribution in [3.63, 3.8) is 0 Å². The lowest BCUT2D eigenvalue weighted by atomic mass is 9.64. The summed E-state index contributed by atoms with van der Waals surface area (Å²) < 4.78 is 5.34. The van der Waals surface area contributed by atoms with Crippen LogP contribution in [-0.4, -0.2) is 40.3 Å². The molecule has 1 aliphatic rings. The molecule has 2 N–H and O–H groups in total. The Bertz CT molecular complexity index is 547. The normalized spacial score (nSPS) is 23.9. The van der Waals surface area contributed by atoms with E-state index in [0.29, 0.717) is 12.8 Å². The Hall–Kier alpha value is -1.46. The molecule has 0 saturated heterocycles. The standard InChI is InChI=1S/C20H32O5/c1-13(2)11-12-25-18(23)14-7-9-16(21)19(3,4)15(14)8-10-17(22)20(5,6)24/h7,9,11,14-15,17,22,24H,8,10,12H2,1-6H3/t14?,15-,17?/m1/s1. The van der Waals surface area contributed by atoms with Crippen LogP contribution in [0, 0.1) is 17.3 Å². The summed E-state index contributed by atoms with van der Waals surface area (Å²) in [6.45, 7) is 10.8. The molecule has 0 aliphatic heterocycles. The third kappa shape index (κ3) is 5.79. The van der Waals surface area contributed by atoms with Gasteiger partial charge in [-0.15, -0.1) is 0 Å². The number of aliphatic hydroxyl groups excluding tert-OH is 1. The fourth-order valence-corrected chi connectivity index (χ4v) is 3.03. The minimum absolute atomic E-state index is 0.0383. The van der Waals surface area contributed by atoms with Crippen molar-refractivity contribution >= 4 is 11.8 Å². The summed E-state index contributed by atoms with van der Waals surface area (Å²) in [7, 11) is 0. The average Bonchev–Trinajstić information content (AvgIpc) is 2.46. The van der Waals surface area contributed by atoms with Crippen LogP contribution in [0.4, 0.5) is 0 Å². The highest BCUT2D eigenvalue weighted by atomic mass is 16.5. The maximum absolute atomic E-state index is 12.5. The summed E-state index contributed by atoms with van der Waals surface area (Å²) in [6, 6.07) is 0. The van der Waals surface area contributed by atoms with E-state index in [2.05, 4.69) is 0 Å². The Kier molecular flexibility index (Phi) is 7.15. The predicted molar refractivity (Wildman–Crippen MR) is 96.8 cm³/mol. The van der Waals surface area contributed by atoms with Crippen molar-refractivity contribution in [1.82, 2.24) is 0 Å². The highest BCUT2D eigenvalue weighted by Gasteiger charge is 2.45. The highest BCUT2D eigenvalue weighted by Crippen LogP contribution is 2.42. The predicted octanol–water partition coefficient (Wildman–Crippen LogP) is 2.81. The first-order valence-corrected chi connectivity index (χ1v) is 8.80. The van der Waals surface area contributed by atoms with E-state index >= 15 is 0 Å². The van der Waals surface area contributed by atoms with Crippen molar-refractivity contribution < 1.29 is 24.5 Å². The number of hydrogen-bond donors (Lipinski definition) is 2. The molecular formula is C20H32O5. The van der Waals surface area contributed by atoms with E-state index in [-0.39, 0.29) is 24.3 Å². The smallest absolute Gasteiger partial charge is 0.313 e. The summed E-state index contributed by atoms with van der Waals surface area (Å²) in [5.41, 5.74) is -0.890. The zero-order valence-corrected chi connectivity index (χ0v) is 16.2. The molecule has 2 unspecified atom stereocenters. The zero-order valence-electron chi connectivity index (χ0n) is 16.2. The monoisotopic (exact) mass is 352 g/mol. The van der Waals surface area contributed by atoms with Crippen molar-refractivity contribution in [2.75, 3.05) is 6.61 Å². The van der Waals surface area contributed by atoms with Gasteiger partial charge in [0.25, 0.3) is 0 Å². The molecule has 5 heteroatoms. The van der Waals surface area contributed by atoms with E-state index in [1.165, 1.54) is 6.08 Å². The molecule has 0 saturated carbocycles. The lowest BCUT2D eigenvalue weighted by Crippen LogP contribution is -2.44. The number of ketones is 1. The van der Waals surface area contributed by atoms with Gasteiger partial charge in [0.1, 0.15) is 6.61 Å². The van der Waals surface area contributed by atoms with Crippen LogP contribution in [0.25, 0.3) is 0 Å². The molecule has 0 aromatic carbocycles. The maximum Gasteiger partial charge on any atom is 0.313 e. The molecule has 0 bridgehead atoms. The molecule has 25 heavy (non-hydrogen) atoms. The second-order valence-electron chi connectivity index (χ2n) is 8.24. The summed E-state index contributed by atoms with van der Waals surface area (Å²) >= 11 is 0. The molecule has 0 fully saturated rings. The van der Waals surface area contributed by atoms with E-state index in [0.717, 1.165) is 5.57 Å². The van der Waals surface area contributed by atoms with Crippen molar-refractivity contribution in [3.8, 4) is 0 Å². The topological polar surface area (TPSA) is 83.8 Å². The number of carbonyl (C=O) groups excluding carboxylic acids is 2. The van der Waals surface area contributed by atoms with Gasteiger partial charge in [0.05, 0.1) is 17.6 Å². The van der Waals surface area contributed by atoms with Crippen LogP contribution in [0.5, 0.6) is 0 Å². The molecular weight excluding hydrogens is 320 g/mol. The van der Waals surface area contributed by atoms with Crippen LogP contribution in [0.3, 0.4) is 0 Å². The van der Waals surface area contributed by atoms with Crippen LogP contribution in [0.15, 0.2) is 23.8 Å². The first-order valence-electron chi connectivity index (χ1n) is 8.80. The number of aliphatic hydroxyl groups is 2. The van der Waals surface area contributed by atoms with Gasteiger partial charge in [-0.2, -0.15) is 0 Å². The molecule has 0 amide bonds. The Balaban J connectivity index is 2.92. The van der Waals surface area contributed by atoms with Gasteiger partial charge in [-0.1, -0.05) is 25.5 Å². The zero-order chi connectivity index (χ0) is 19.4. The van der Waals surface area contributed by atoms with Crippen molar-refractivity contribution in [3.05, 3.63) is 23.8 Å². The molecule has 1 aliphatic carbocycles. The van der Waals surface area contributed by atoms with Gasteiger partial charge >= 0.3 is 5.97 Å². The van der Waals surface area contributed by atoms with Crippen molar-refractivity contribution in [1.29, 1.82) is 0 Å². The highest BCUT2D eigenvalue weighted by molar-refractivity contribution is 5.97. The molecule has 142 valence electrons. The van der Waals surface area contributed by atoms with Gasteiger partial charge in [0.2, 0.25) is 0 Å². The largest absolute Gasteiger partial charge is 0.461 e. The minimum Gasteiger partial charge on any atom is -0.461 e. The van der Waals surface area contributed by atoms with Crippen molar-refractivity contribution in [2.45, 2.75) is 66.1 Å². The fraction of sp³-hybridized carbons (Fsp3) is 0.700. The van der Waals surface area contributed by atoms with Gasteiger partial charge in [-0.3, -0.25) is 9.59 Å². The Morgan fingerprint density at radius 3 is 2.52 bits per heavy atom. The van der Waals surface area contributed by atoms with Gasteiger partial charge in [0.15, 0.2) is 5.78 Å². The first kappa shape index (κ1) is 21.6. The molecule has 0 aromatic rings. The number of esters is 1. The molecule has 0 radical (unpaired) electrons. The number of carbonyl (C=O) groups is 2. The number of allylic oxidation sites excluding steroid dienone is 2. The maximum atomic E-state index is 12.5. The summed E-state index contributed by atoms with van der Waals surface area (Å²) in [4.78, 5) is 24.8. The second-order valence-corrected chi connectivity index (χ2v) is 8.24. The molecule has 0 heterocycles. The van der Waals surface area contributed by atoms with Crippen LogP contribution in [0.2, 0.25) is 0 Å². The second kappa shape index (κ2) is 8.28. The SMILES string of the molecule is CC(C)=CCOC(=O)C1C=CC(=O)C(C)(C)[C@@H]1CCC(O)C(C)(C)O. The lowest BCUT2D eigenvalue weighted by molar-refractivity contribution is -0.151. The van der Waals surface area contributed by atoms with E-state index in [9.17, 15) is 19.8 Å². The van der Waals surface area contributed by atoms with Gasteiger partial charge in [-0.25, -0.2) is 0 Å². The van der Waals surface area contributed by atoms with E-state index in [1.807, 2.05) is 33.8 Å². The van der Waals surface area contributed by atoms with E-state index in [4.69, 9.17) is 4.74 Å². The van der Waals surface area contributed by atoms with E-state index in [1.54, 1.807) is 19.9 Å². The summed E-state index contributed by atoms with van der Waals surface area (Å²) in [6.07, 6.45) is 4.71. The van der Waals surface area contributed by atoms with Crippen LogP contribution in [-0.2, 0) is 14.3 Å². The van der Waals surface area contributed by atoms with Gasteiger partial charge in [-0.05, 0) is 58.6 Å². The molecule has 1 rings (SSSR count). The fourth-order valence-electron chi connectivity index (χ4n) is 3.03. The van der Waals surface area contributed by atoms with Crippen molar-refractivity contribution in [2.24, 2.45) is 17.3 Å². The number of rotatable bonds is 7. The number of hydrogen-bond acceptors (Lipinski definition) is 5. The average molecular weight is 352 g/mol. The molecule has 0 aromatic heterocycles. The summed E-state index contributed by atoms with van der Waals surface area (Å²) in [5.74, 6) is -1.23. The molecule has 3 atom stereocenters. The lowest BCUT2D eigenvalue weighted by Gasteiger charge is -2.39. The van der Waals surface area contributed by atoms with Gasteiger partial charge < -0.3 is 14.9 Å².